The Bertz CT molecular complexity index is 306. The summed E-state index contributed by atoms with van der Waals surface area (Å²) in [5.41, 5.74) is 1.86. The average molecular weight is 212 g/mol. The van der Waals surface area contributed by atoms with Crippen LogP contribution >= 0.6 is 0 Å². The van der Waals surface area contributed by atoms with Gasteiger partial charge in [0.2, 0.25) is 0 Å². The van der Waals surface area contributed by atoms with Gasteiger partial charge >= 0.3 is 0 Å². The zero-order chi connectivity index (χ0) is 11.5. The van der Waals surface area contributed by atoms with Gasteiger partial charge in [0.25, 0.3) is 0 Å². The third-order valence-corrected chi connectivity index (χ3v) is 2.81. The van der Waals surface area contributed by atoms with Gasteiger partial charge in [0.1, 0.15) is 11.4 Å². The van der Waals surface area contributed by atoms with Crippen molar-refractivity contribution in [2.24, 2.45) is 0 Å². The van der Waals surface area contributed by atoms with Crippen LogP contribution in [-0.2, 0) is 6.54 Å². The van der Waals surface area contributed by atoms with Crippen molar-refractivity contribution in [1.82, 2.24) is 20.5 Å². The lowest BCUT2D eigenvalue weighted by Crippen LogP contribution is -2.46. The van der Waals surface area contributed by atoms with Gasteiger partial charge in [-0.1, -0.05) is 10.3 Å². The Kier molecular flexibility index (Phi) is 3.82. The second kappa shape index (κ2) is 4.72. The van der Waals surface area contributed by atoms with Crippen LogP contribution in [0.2, 0.25) is 0 Å². The van der Waals surface area contributed by atoms with E-state index < -0.39 is 0 Å². The van der Waals surface area contributed by atoms with Crippen molar-refractivity contribution in [2.45, 2.75) is 32.9 Å². The molecule has 15 heavy (non-hydrogen) atoms. The highest BCUT2D eigenvalue weighted by atomic mass is 16.6. The first-order valence-electron chi connectivity index (χ1n) is 5.09. The Morgan fingerprint density at radius 2 is 2.00 bits per heavy atom. The second-order valence-electron chi connectivity index (χ2n) is 4.61. The van der Waals surface area contributed by atoms with E-state index in [4.69, 9.17) is 0 Å². The van der Waals surface area contributed by atoms with Crippen LogP contribution in [0.4, 0.5) is 0 Å². The molecule has 0 spiro atoms. The normalized spacial score (nSPS) is 12.4. The quantitative estimate of drug-likeness (QED) is 0.782. The smallest absolute Gasteiger partial charge is 0.121 e. The molecule has 0 amide bonds. The third-order valence-electron chi connectivity index (χ3n) is 2.81. The highest BCUT2D eigenvalue weighted by Crippen LogP contribution is 2.08. The highest BCUT2D eigenvalue weighted by molar-refractivity contribution is 5.04. The number of aromatic nitrogens is 2. The zero-order valence-corrected chi connectivity index (χ0v) is 10.2. The van der Waals surface area contributed by atoms with Gasteiger partial charge in [-0.05, 0) is 34.9 Å². The van der Waals surface area contributed by atoms with Crippen molar-refractivity contribution < 1.29 is 4.63 Å². The van der Waals surface area contributed by atoms with E-state index in [0.29, 0.717) is 6.54 Å². The van der Waals surface area contributed by atoms with Gasteiger partial charge in [-0.3, -0.25) is 0 Å². The maximum absolute atomic E-state index is 4.62. The molecule has 0 saturated heterocycles. The molecule has 5 heteroatoms. The van der Waals surface area contributed by atoms with Gasteiger partial charge in [0.05, 0.1) is 0 Å². The molecule has 0 bridgehead atoms. The van der Waals surface area contributed by atoms with Crippen LogP contribution in [-0.4, -0.2) is 41.4 Å². The van der Waals surface area contributed by atoms with Crippen molar-refractivity contribution in [3.8, 4) is 0 Å². The van der Waals surface area contributed by atoms with E-state index in [9.17, 15) is 0 Å². The van der Waals surface area contributed by atoms with Gasteiger partial charge in [-0.15, -0.1) is 0 Å². The summed E-state index contributed by atoms with van der Waals surface area (Å²) in [6.45, 7) is 7.87. The van der Waals surface area contributed by atoms with E-state index in [1.807, 2.05) is 6.92 Å². The topological polar surface area (TPSA) is 54.2 Å². The highest BCUT2D eigenvalue weighted by Gasteiger charge is 2.19. The summed E-state index contributed by atoms with van der Waals surface area (Å²) >= 11 is 0. The average Bonchev–Trinajstić information content (AvgIpc) is 2.51. The van der Waals surface area contributed by atoms with Crippen molar-refractivity contribution in [3.63, 3.8) is 0 Å². The van der Waals surface area contributed by atoms with E-state index in [1.54, 1.807) is 0 Å². The maximum atomic E-state index is 4.62. The Hall–Kier alpha value is -0.940. The number of hydrogen-bond acceptors (Lipinski definition) is 5. The second-order valence-corrected chi connectivity index (χ2v) is 4.61. The lowest BCUT2D eigenvalue weighted by atomic mass is 10.0. The summed E-state index contributed by atoms with van der Waals surface area (Å²) in [4.78, 5) is 2.19. The molecule has 0 saturated carbocycles. The molecule has 0 fully saturated rings. The van der Waals surface area contributed by atoms with Crippen LogP contribution in [0.15, 0.2) is 4.63 Å². The van der Waals surface area contributed by atoms with Gasteiger partial charge in [-0.2, -0.15) is 0 Å². The molecule has 1 aromatic heterocycles. The lowest BCUT2D eigenvalue weighted by Gasteiger charge is -2.32. The van der Waals surface area contributed by atoms with Crippen molar-refractivity contribution >= 4 is 0 Å². The molecule has 1 heterocycles. The van der Waals surface area contributed by atoms with Crippen LogP contribution in [0.3, 0.4) is 0 Å². The van der Waals surface area contributed by atoms with E-state index >= 15 is 0 Å². The Labute approximate surface area is 90.8 Å². The molecular formula is C10H20N4O. The number of rotatable bonds is 5. The fraction of sp³-hybridized carbons (Fsp3) is 0.800. The minimum absolute atomic E-state index is 0.130. The number of nitrogens with one attached hydrogen (secondary N) is 1. The molecule has 1 aromatic rings. The van der Waals surface area contributed by atoms with Crippen LogP contribution in [0.5, 0.6) is 0 Å². The Balaban J connectivity index is 2.37. The predicted molar refractivity (Wildman–Crippen MR) is 58.5 cm³/mol. The summed E-state index contributed by atoms with van der Waals surface area (Å²) in [5.74, 6) is 0. The molecule has 86 valence electrons. The molecule has 0 aliphatic carbocycles. The largest absolute Gasteiger partial charge is 0.309 e. The van der Waals surface area contributed by atoms with E-state index in [2.05, 4.69) is 53.1 Å². The molecule has 1 N–H and O–H groups in total. The molecule has 0 radical (unpaired) electrons. The molecule has 0 aliphatic rings. The minimum Gasteiger partial charge on any atom is -0.309 e. The van der Waals surface area contributed by atoms with Crippen molar-refractivity contribution in [1.29, 1.82) is 0 Å². The zero-order valence-electron chi connectivity index (χ0n) is 10.2. The van der Waals surface area contributed by atoms with Crippen LogP contribution < -0.4 is 5.32 Å². The summed E-state index contributed by atoms with van der Waals surface area (Å²) in [5, 5.41) is 10.9. The fourth-order valence-electron chi connectivity index (χ4n) is 1.05. The number of likely N-dealkylation sites (N-methyl/N-ethyl adjacent to an activating group) is 1. The number of hydrogen-bond donors (Lipinski definition) is 1. The predicted octanol–water partition coefficient (Wildman–Crippen LogP) is 0.808. The molecule has 0 aromatic carbocycles. The third kappa shape index (κ3) is 3.28. The molecule has 5 nitrogen and oxygen atoms in total. The summed E-state index contributed by atoms with van der Waals surface area (Å²) < 4.78 is 4.62. The summed E-state index contributed by atoms with van der Waals surface area (Å²) in [7, 11) is 4.15. The first-order valence-corrected chi connectivity index (χ1v) is 5.09. The van der Waals surface area contributed by atoms with Crippen molar-refractivity contribution in [2.75, 3.05) is 20.6 Å². The summed E-state index contributed by atoms with van der Waals surface area (Å²) in [6.07, 6.45) is 0. The van der Waals surface area contributed by atoms with E-state index in [-0.39, 0.29) is 5.54 Å². The van der Waals surface area contributed by atoms with Gasteiger partial charge in [0.15, 0.2) is 0 Å². The van der Waals surface area contributed by atoms with Crippen molar-refractivity contribution in [3.05, 3.63) is 11.4 Å². The van der Waals surface area contributed by atoms with Crippen LogP contribution in [0.25, 0.3) is 0 Å². The monoisotopic (exact) mass is 212 g/mol. The molecule has 0 atom stereocenters. The van der Waals surface area contributed by atoms with Crippen LogP contribution in [0, 0.1) is 6.92 Å². The summed E-state index contributed by atoms with van der Waals surface area (Å²) in [6, 6.07) is 0. The molecule has 0 aliphatic heterocycles. The van der Waals surface area contributed by atoms with Gasteiger partial charge < -0.3 is 10.2 Å². The molecule has 0 unspecified atom stereocenters. The lowest BCUT2D eigenvalue weighted by molar-refractivity contribution is 0.189. The minimum atomic E-state index is 0.130. The number of nitrogens with zero attached hydrogens (tertiary/aromatic N) is 3. The first kappa shape index (κ1) is 12.1. The molecule has 1 rings (SSSR count). The van der Waals surface area contributed by atoms with Gasteiger partial charge in [-0.25, -0.2) is 4.63 Å². The molecular weight excluding hydrogens is 192 g/mol. The van der Waals surface area contributed by atoms with Gasteiger partial charge in [0, 0.05) is 18.6 Å². The standard InChI is InChI=1S/C10H20N4O/c1-8-9(13-15-12-8)6-11-7-10(2,3)14(4)5/h11H,6-7H2,1-5H3. The Morgan fingerprint density at radius 3 is 2.47 bits per heavy atom. The number of aryl methyl sites for hydroxylation is 1. The van der Waals surface area contributed by atoms with E-state index in [1.165, 1.54) is 0 Å². The maximum Gasteiger partial charge on any atom is 0.121 e. The van der Waals surface area contributed by atoms with Crippen LogP contribution in [0.1, 0.15) is 25.2 Å². The van der Waals surface area contributed by atoms with E-state index in [0.717, 1.165) is 17.9 Å². The Morgan fingerprint density at radius 1 is 1.33 bits per heavy atom. The SMILES string of the molecule is Cc1nonc1CNCC(C)(C)N(C)C. The first-order chi connectivity index (χ1) is 6.93. The fourth-order valence-corrected chi connectivity index (χ4v) is 1.05.